The number of benzene rings is 2. The number of unbranched alkanes of at least 4 members (excludes halogenated alkanes) is 2. The highest BCUT2D eigenvalue weighted by atomic mass is 35.5. The quantitative estimate of drug-likeness (QED) is 0.303. The molecule has 0 spiro atoms. The van der Waals surface area contributed by atoms with Crippen LogP contribution in [0.3, 0.4) is 0 Å². The summed E-state index contributed by atoms with van der Waals surface area (Å²) in [5.74, 6) is 0.925. The first-order chi connectivity index (χ1) is 17.4. The lowest BCUT2D eigenvalue weighted by Crippen LogP contribution is -2.50. The largest absolute Gasteiger partial charge is 0.493 e. The number of carbonyl (C=O) groups excluding carboxylic acids is 1. The van der Waals surface area contributed by atoms with Gasteiger partial charge in [-0.05, 0) is 70.0 Å². The first-order valence-corrected chi connectivity index (χ1v) is 13.5. The maximum atomic E-state index is 11.9. The lowest BCUT2D eigenvalue weighted by Gasteiger charge is -2.34. The second-order valence-electron chi connectivity index (χ2n) is 9.68. The van der Waals surface area contributed by atoms with Gasteiger partial charge in [-0.2, -0.15) is 0 Å². The SMILES string of the molecule is CC(C)NC(=O)CN1CCN(CCCCCOc2ccc3c(-c4cc(Cl)ccc4Cl)coc3c2)CC1. The van der Waals surface area contributed by atoms with Crippen molar-refractivity contribution in [2.24, 2.45) is 0 Å². The van der Waals surface area contributed by atoms with E-state index in [-0.39, 0.29) is 11.9 Å². The number of furan rings is 1. The van der Waals surface area contributed by atoms with Crippen LogP contribution in [-0.4, -0.2) is 67.6 Å². The van der Waals surface area contributed by atoms with Crippen molar-refractivity contribution in [2.45, 2.75) is 39.2 Å². The zero-order valence-corrected chi connectivity index (χ0v) is 22.6. The molecule has 1 amide bonds. The molecule has 194 valence electrons. The molecule has 2 heterocycles. The number of ether oxygens (including phenoxy) is 1. The molecule has 1 aliphatic rings. The van der Waals surface area contributed by atoms with E-state index in [1.54, 1.807) is 18.4 Å². The summed E-state index contributed by atoms with van der Waals surface area (Å²) in [4.78, 5) is 16.7. The molecule has 0 unspecified atom stereocenters. The summed E-state index contributed by atoms with van der Waals surface area (Å²) >= 11 is 12.5. The van der Waals surface area contributed by atoms with E-state index < -0.39 is 0 Å². The van der Waals surface area contributed by atoms with Crippen LogP contribution in [0.5, 0.6) is 5.75 Å². The molecule has 0 radical (unpaired) electrons. The van der Waals surface area contributed by atoms with Gasteiger partial charge in [0.15, 0.2) is 0 Å². The van der Waals surface area contributed by atoms with Crippen molar-refractivity contribution in [3.63, 3.8) is 0 Å². The molecule has 1 saturated heterocycles. The zero-order chi connectivity index (χ0) is 25.5. The highest BCUT2D eigenvalue weighted by molar-refractivity contribution is 6.35. The van der Waals surface area contributed by atoms with Crippen LogP contribution in [0.2, 0.25) is 10.0 Å². The summed E-state index contributed by atoms with van der Waals surface area (Å²) in [5.41, 5.74) is 2.54. The summed E-state index contributed by atoms with van der Waals surface area (Å²) in [5, 5.41) is 5.22. The van der Waals surface area contributed by atoms with E-state index in [9.17, 15) is 4.79 Å². The Morgan fingerprint density at radius 2 is 1.78 bits per heavy atom. The van der Waals surface area contributed by atoms with Crippen molar-refractivity contribution in [3.8, 4) is 16.9 Å². The van der Waals surface area contributed by atoms with E-state index >= 15 is 0 Å². The van der Waals surface area contributed by atoms with Gasteiger partial charge in [0.25, 0.3) is 0 Å². The number of nitrogens with zero attached hydrogens (tertiary/aromatic N) is 2. The van der Waals surface area contributed by atoms with Crippen molar-refractivity contribution in [2.75, 3.05) is 45.9 Å². The molecule has 0 bridgehead atoms. The zero-order valence-electron chi connectivity index (χ0n) is 21.1. The highest BCUT2D eigenvalue weighted by Gasteiger charge is 2.19. The Balaban J connectivity index is 1.15. The minimum absolute atomic E-state index is 0.121. The molecular weight excluding hydrogens is 497 g/mol. The predicted molar refractivity (Wildman–Crippen MR) is 147 cm³/mol. The molecule has 3 aromatic rings. The third kappa shape index (κ3) is 7.39. The summed E-state index contributed by atoms with van der Waals surface area (Å²) in [6, 6.07) is 11.5. The van der Waals surface area contributed by atoms with E-state index in [4.69, 9.17) is 32.4 Å². The summed E-state index contributed by atoms with van der Waals surface area (Å²) in [6.07, 6.45) is 5.00. The fourth-order valence-corrected chi connectivity index (χ4v) is 4.95. The van der Waals surface area contributed by atoms with Gasteiger partial charge in [0.2, 0.25) is 5.91 Å². The maximum Gasteiger partial charge on any atom is 0.234 e. The topological polar surface area (TPSA) is 58.0 Å². The van der Waals surface area contributed by atoms with E-state index in [1.807, 2.05) is 38.1 Å². The standard InChI is InChI=1S/C28H35Cl2N3O3/c1-20(2)31-28(34)18-33-13-11-32(12-14-33)10-4-3-5-15-35-22-7-8-23-25(19-36-27(23)17-22)24-16-21(29)6-9-26(24)30/h6-9,16-17,19-20H,3-5,10-15,18H2,1-2H3,(H,31,34). The van der Waals surface area contributed by atoms with Gasteiger partial charge >= 0.3 is 0 Å². The van der Waals surface area contributed by atoms with E-state index in [0.29, 0.717) is 23.2 Å². The lowest BCUT2D eigenvalue weighted by atomic mass is 10.0. The number of nitrogens with one attached hydrogen (secondary N) is 1. The van der Waals surface area contributed by atoms with Gasteiger partial charge in [-0.15, -0.1) is 0 Å². The van der Waals surface area contributed by atoms with Crippen molar-refractivity contribution < 1.29 is 13.9 Å². The van der Waals surface area contributed by atoms with E-state index in [2.05, 4.69) is 15.1 Å². The third-order valence-electron chi connectivity index (χ3n) is 6.43. The molecular formula is C28H35Cl2N3O3. The molecule has 1 aromatic heterocycles. The molecule has 2 aromatic carbocycles. The fourth-order valence-electron chi connectivity index (χ4n) is 4.56. The third-order valence-corrected chi connectivity index (χ3v) is 7.00. The number of carbonyl (C=O) groups is 1. The van der Waals surface area contributed by atoms with Crippen LogP contribution >= 0.6 is 23.2 Å². The van der Waals surface area contributed by atoms with Gasteiger partial charge in [-0.25, -0.2) is 0 Å². The smallest absolute Gasteiger partial charge is 0.234 e. The Kier molecular flexibility index (Phi) is 9.54. The molecule has 8 heteroatoms. The highest BCUT2D eigenvalue weighted by Crippen LogP contribution is 2.37. The van der Waals surface area contributed by atoms with Crippen molar-refractivity contribution in [3.05, 3.63) is 52.7 Å². The number of amides is 1. The number of halogens is 2. The van der Waals surface area contributed by atoms with Gasteiger partial charge in [-0.1, -0.05) is 23.2 Å². The van der Waals surface area contributed by atoms with Gasteiger partial charge in [-0.3, -0.25) is 9.69 Å². The van der Waals surface area contributed by atoms with Gasteiger partial charge in [0.1, 0.15) is 11.3 Å². The molecule has 36 heavy (non-hydrogen) atoms. The van der Waals surface area contributed by atoms with Crippen molar-refractivity contribution >= 4 is 40.1 Å². The fraction of sp³-hybridized carbons (Fsp3) is 0.464. The van der Waals surface area contributed by atoms with Gasteiger partial charge < -0.3 is 19.4 Å². The first kappa shape index (κ1) is 26.8. The molecule has 0 saturated carbocycles. The molecule has 1 aliphatic heterocycles. The van der Waals surface area contributed by atoms with Crippen LogP contribution in [0.15, 0.2) is 47.1 Å². The molecule has 1 fully saturated rings. The first-order valence-electron chi connectivity index (χ1n) is 12.7. The Morgan fingerprint density at radius 1 is 1.00 bits per heavy atom. The Labute approximate surface area is 223 Å². The molecule has 0 atom stereocenters. The monoisotopic (exact) mass is 531 g/mol. The summed E-state index contributed by atoms with van der Waals surface area (Å²) in [7, 11) is 0. The Hall–Kier alpha value is -2.25. The van der Waals surface area contributed by atoms with Crippen molar-refractivity contribution in [1.82, 2.24) is 15.1 Å². The lowest BCUT2D eigenvalue weighted by molar-refractivity contribution is -0.123. The van der Waals surface area contributed by atoms with Gasteiger partial charge in [0.05, 0.1) is 19.4 Å². The van der Waals surface area contributed by atoms with Crippen LogP contribution < -0.4 is 10.1 Å². The number of fused-ring (bicyclic) bond motifs is 1. The molecule has 0 aliphatic carbocycles. The van der Waals surface area contributed by atoms with Crippen LogP contribution in [-0.2, 0) is 4.79 Å². The summed E-state index contributed by atoms with van der Waals surface area (Å²) in [6.45, 7) is 10.2. The number of hydrogen-bond donors (Lipinski definition) is 1. The van der Waals surface area contributed by atoms with E-state index in [1.165, 1.54) is 0 Å². The second kappa shape index (κ2) is 12.8. The average Bonchev–Trinajstić information content (AvgIpc) is 3.26. The minimum atomic E-state index is 0.121. The summed E-state index contributed by atoms with van der Waals surface area (Å²) < 4.78 is 11.8. The van der Waals surface area contributed by atoms with E-state index in [0.717, 1.165) is 79.8 Å². The Morgan fingerprint density at radius 3 is 2.56 bits per heavy atom. The van der Waals surface area contributed by atoms with Crippen molar-refractivity contribution in [1.29, 1.82) is 0 Å². The normalized spacial score (nSPS) is 15.0. The predicted octanol–water partition coefficient (Wildman–Crippen LogP) is 6.10. The number of piperazine rings is 1. The minimum Gasteiger partial charge on any atom is -0.493 e. The van der Waals surface area contributed by atoms with Gasteiger partial charge in [0, 0.05) is 64.8 Å². The molecule has 4 rings (SSSR count). The van der Waals surface area contributed by atoms with Crippen LogP contribution in [0.4, 0.5) is 0 Å². The molecule has 6 nitrogen and oxygen atoms in total. The van der Waals surface area contributed by atoms with Crippen LogP contribution in [0, 0.1) is 0 Å². The second-order valence-corrected chi connectivity index (χ2v) is 10.5. The maximum absolute atomic E-state index is 11.9. The average molecular weight is 533 g/mol. The number of hydrogen-bond acceptors (Lipinski definition) is 5. The molecule has 1 N–H and O–H groups in total. The number of rotatable bonds is 11. The van der Waals surface area contributed by atoms with Crippen LogP contribution in [0.25, 0.3) is 22.1 Å². The Bertz CT molecular complexity index is 1160. The van der Waals surface area contributed by atoms with Crippen LogP contribution in [0.1, 0.15) is 33.1 Å².